The van der Waals surface area contributed by atoms with Gasteiger partial charge < -0.3 is 9.52 Å². The van der Waals surface area contributed by atoms with Gasteiger partial charge in [-0.05, 0) is 20.4 Å². The molecule has 0 radical (unpaired) electrons. The Bertz CT molecular complexity index is 605. The largest absolute Gasteiger partial charge is 0.480 e. The van der Waals surface area contributed by atoms with E-state index in [0.29, 0.717) is 24.7 Å². The van der Waals surface area contributed by atoms with Gasteiger partial charge in [0.05, 0.1) is 12.7 Å². The summed E-state index contributed by atoms with van der Waals surface area (Å²) < 4.78 is 5.73. The summed E-state index contributed by atoms with van der Waals surface area (Å²) in [4.78, 5) is 17.4. The van der Waals surface area contributed by atoms with Crippen molar-refractivity contribution in [2.24, 2.45) is 0 Å². The molecule has 1 heterocycles. The van der Waals surface area contributed by atoms with E-state index in [4.69, 9.17) is 4.42 Å². The van der Waals surface area contributed by atoms with Crippen molar-refractivity contribution < 1.29 is 14.3 Å². The van der Waals surface area contributed by atoms with Crippen molar-refractivity contribution in [2.45, 2.75) is 32.9 Å². The zero-order chi connectivity index (χ0) is 15.5. The number of carboxylic acids is 1. The molecular weight excluding hydrogens is 268 g/mol. The molecule has 0 aliphatic carbocycles. The van der Waals surface area contributed by atoms with Gasteiger partial charge in [-0.25, -0.2) is 4.98 Å². The molecule has 0 bridgehead atoms. The Labute approximate surface area is 124 Å². The number of nitrogens with zero attached hydrogens (tertiary/aromatic N) is 2. The summed E-state index contributed by atoms with van der Waals surface area (Å²) in [7, 11) is 0. The second-order valence-corrected chi connectivity index (χ2v) is 5.36. The lowest BCUT2D eigenvalue weighted by Crippen LogP contribution is -2.49. The van der Waals surface area contributed by atoms with Crippen LogP contribution in [-0.4, -0.2) is 33.0 Å². The van der Waals surface area contributed by atoms with Gasteiger partial charge in [-0.3, -0.25) is 9.69 Å². The Morgan fingerprint density at radius 3 is 2.57 bits per heavy atom. The molecule has 0 fully saturated rings. The minimum atomic E-state index is -0.962. The van der Waals surface area contributed by atoms with Crippen LogP contribution in [0.3, 0.4) is 0 Å². The lowest BCUT2D eigenvalue weighted by atomic mass is 10.0. The van der Waals surface area contributed by atoms with Crippen LogP contribution in [0.4, 0.5) is 0 Å². The molecule has 0 atom stereocenters. The second kappa shape index (κ2) is 6.10. The van der Waals surface area contributed by atoms with Crippen LogP contribution < -0.4 is 0 Å². The van der Waals surface area contributed by atoms with E-state index < -0.39 is 11.5 Å². The molecule has 0 spiro atoms. The van der Waals surface area contributed by atoms with E-state index in [1.54, 1.807) is 20.0 Å². The summed E-state index contributed by atoms with van der Waals surface area (Å²) in [5.41, 5.74) is -0.00681. The van der Waals surface area contributed by atoms with Crippen LogP contribution in [0.25, 0.3) is 11.3 Å². The Balaban J connectivity index is 2.17. The lowest BCUT2D eigenvalue weighted by molar-refractivity contribution is -0.149. The number of benzene rings is 1. The summed E-state index contributed by atoms with van der Waals surface area (Å²) >= 11 is 0. The third-order valence-corrected chi connectivity index (χ3v) is 3.63. The summed E-state index contributed by atoms with van der Waals surface area (Å²) in [6.45, 7) is 6.25. The van der Waals surface area contributed by atoms with Crippen molar-refractivity contribution in [3.8, 4) is 11.3 Å². The molecule has 2 rings (SSSR count). The maximum Gasteiger partial charge on any atom is 0.323 e. The van der Waals surface area contributed by atoms with E-state index in [0.717, 1.165) is 5.56 Å². The predicted molar refractivity (Wildman–Crippen MR) is 79.7 cm³/mol. The topological polar surface area (TPSA) is 66.6 Å². The fraction of sp³-hybridized carbons (Fsp3) is 0.375. The highest BCUT2D eigenvalue weighted by molar-refractivity contribution is 5.77. The zero-order valence-electron chi connectivity index (χ0n) is 12.5. The molecule has 0 aliphatic heterocycles. The lowest BCUT2D eigenvalue weighted by Gasteiger charge is -2.32. The molecule has 2 aromatic rings. The molecule has 21 heavy (non-hydrogen) atoms. The normalized spacial score (nSPS) is 11.8. The minimum absolute atomic E-state index is 0.364. The number of likely N-dealkylation sites (N-methyl/N-ethyl adjacent to an activating group) is 1. The highest BCUT2D eigenvalue weighted by Crippen LogP contribution is 2.22. The van der Waals surface area contributed by atoms with Crippen LogP contribution in [0.1, 0.15) is 26.7 Å². The van der Waals surface area contributed by atoms with Crippen LogP contribution >= 0.6 is 0 Å². The quantitative estimate of drug-likeness (QED) is 0.885. The van der Waals surface area contributed by atoms with Crippen molar-refractivity contribution in [3.63, 3.8) is 0 Å². The number of aromatic nitrogens is 1. The fourth-order valence-electron chi connectivity index (χ4n) is 2.12. The standard InChI is InChI=1S/C16H20N2O3/c1-4-18(16(2,3)15(19)20)11-14-17-10-13(21-14)12-8-6-5-7-9-12/h5-10H,4,11H2,1-3H3,(H,19,20). The first-order chi connectivity index (χ1) is 9.95. The smallest absolute Gasteiger partial charge is 0.323 e. The summed E-state index contributed by atoms with van der Waals surface area (Å²) in [6.07, 6.45) is 1.67. The van der Waals surface area contributed by atoms with Gasteiger partial charge in [0, 0.05) is 5.56 Å². The van der Waals surface area contributed by atoms with Crippen molar-refractivity contribution in [1.82, 2.24) is 9.88 Å². The summed E-state index contributed by atoms with van der Waals surface area (Å²) in [6, 6.07) is 9.70. The monoisotopic (exact) mass is 288 g/mol. The van der Waals surface area contributed by atoms with E-state index in [9.17, 15) is 9.90 Å². The van der Waals surface area contributed by atoms with Crippen molar-refractivity contribution in [2.75, 3.05) is 6.54 Å². The van der Waals surface area contributed by atoms with Gasteiger partial charge >= 0.3 is 5.97 Å². The number of oxazole rings is 1. The van der Waals surface area contributed by atoms with Crippen molar-refractivity contribution in [1.29, 1.82) is 0 Å². The molecule has 0 amide bonds. The average molecular weight is 288 g/mol. The SMILES string of the molecule is CCN(Cc1ncc(-c2ccccc2)o1)C(C)(C)C(=O)O. The zero-order valence-corrected chi connectivity index (χ0v) is 12.5. The average Bonchev–Trinajstić information content (AvgIpc) is 2.94. The first kappa shape index (κ1) is 15.3. The van der Waals surface area contributed by atoms with Gasteiger partial charge in [-0.1, -0.05) is 37.3 Å². The minimum Gasteiger partial charge on any atom is -0.480 e. The molecule has 5 nitrogen and oxygen atoms in total. The molecule has 5 heteroatoms. The van der Waals surface area contributed by atoms with Crippen LogP contribution in [0, 0.1) is 0 Å². The maximum atomic E-state index is 11.3. The highest BCUT2D eigenvalue weighted by atomic mass is 16.4. The van der Waals surface area contributed by atoms with Gasteiger partial charge in [-0.15, -0.1) is 0 Å². The Morgan fingerprint density at radius 2 is 2.00 bits per heavy atom. The molecule has 0 aliphatic rings. The number of hydrogen-bond acceptors (Lipinski definition) is 4. The van der Waals surface area contributed by atoms with Gasteiger partial charge in [0.15, 0.2) is 5.76 Å². The van der Waals surface area contributed by atoms with E-state index in [1.807, 2.05) is 42.2 Å². The molecule has 0 unspecified atom stereocenters. The van der Waals surface area contributed by atoms with E-state index in [2.05, 4.69) is 4.98 Å². The number of rotatable bonds is 6. The van der Waals surface area contributed by atoms with Gasteiger partial charge in [-0.2, -0.15) is 0 Å². The molecular formula is C16H20N2O3. The van der Waals surface area contributed by atoms with Gasteiger partial charge in [0.25, 0.3) is 0 Å². The maximum absolute atomic E-state index is 11.3. The third-order valence-electron chi connectivity index (χ3n) is 3.63. The Morgan fingerprint density at radius 1 is 1.33 bits per heavy atom. The molecule has 1 aromatic carbocycles. The first-order valence-electron chi connectivity index (χ1n) is 6.93. The van der Waals surface area contributed by atoms with E-state index in [1.165, 1.54) is 0 Å². The Kier molecular flexibility index (Phi) is 4.43. The predicted octanol–water partition coefficient (Wildman–Crippen LogP) is 3.03. The highest BCUT2D eigenvalue weighted by Gasteiger charge is 2.34. The molecule has 1 N–H and O–H groups in total. The third kappa shape index (κ3) is 3.31. The van der Waals surface area contributed by atoms with E-state index in [-0.39, 0.29) is 0 Å². The fourth-order valence-corrected chi connectivity index (χ4v) is 2.12. The number of aliphatic carboxylic acids is 1. The number of carbonyl (C=O) groups is 1. The summed E-state index contributed by atoms with van der Waals surface area (Å²) in [5, 5.41) is 9.31. The molecule has 0 saturated heterocycles. The van der Waals surface area contributed by atoms with E-state index >= 15 is 0 Å². The Hall–Kier alpha value is -2.14. The second-order valence-electron chi connectivity index (χ2n) is 5.36. The first-order valence-corrected chi connectivity index (χ1v) is 6.93. The van der Waals surface area contributed by atoms with Crippen molar-refractivity contribution >= 4 is 5.97 Å². The van der Waals surface area contributed by atoms with Gasteiger partial charge in [0.1, 0.15) is 5.54 Å². The molecule has 0 saturated carbocycles. The van der Waals surface area contributed by atoms with Crippen molar-refractivity contribution in [3.05, 3.63) is 42.4 Å². The molecule has 112 valence electrons. The van der Waals surface area contributed by atoms with Gasteiger partial charge in [0.2, 0.25) is 5.89 Å². The number of hydrogen-bond donors (Lipinski definition) is 1. The van der Waals surface area contributed by atoms with Crippen LogP contribution in [0.15, 0.2) is 40.9 Å². The van der Waals surface area contributed by atoms with Crippen LogP contribution in [0.2, 0.25) is 0 Å². The molecule has 1 aromatic heterocycles. The van der Waals surface area contributed by atoms with Crippen LogP contribution in [0.5, 0.6) is 0 Å². The van der Waals surface area contributed by atoms with Crippen LogP contribution in [-0.2, 0) is 11.3 Å². The number of carboxylic acid groups (broad SMARTS) is 1. The summed E-state index contributed by atoms with van der Waals surface area (Å²) in [5.74, 6) is 0.346.